The number of aromatic amines is 1. The van der Waals surface area contributed by atoms with Crippen LogP contribution >= 0.6 is 0 Å². The van der Waals surface area contributed by atoms with Gasteiger partial charge in [-0.3, -0.25) is 0 Å². The molecule has 3 nitrogen and oxygen atoms in total. The zero-order valence-electron chi connectivity index (χ0n) is 17.6. The molecular formula is C29H23N3. The van der Waals surface area contributed by atoms with Crippen molar-refractivity contribution in [1.29, 1.82) is 0 Å². The molecule has 0 bridgehead atoms. The van der Waals surface area contributed by atoms with Gasteiger partial charge in [-0.15, -0.1) is 0 Å². The first-order valence-corrected chi connectivity index (χ1v) is 11.0. The van der Waals surface area contributed by atoms with E-state index in [-0.39, 0.29) is 0 Å². The highest BCUT2D eigenvalue weighted by atomic mass is 15.5. The van der Waals surface area contributed by atoms with Crippen molar-refractivity contribution in [1.82, 2.24) is 4.98 Å². The van der Waals surface area contributed by atoms with E-state index >= 15 is 0 Å². The molecule has 154 valence electrons. The second kappa shape index (κ2) is 7.54. The summed E-state index contributed by atoms with van der Waals surface area (Å²) < 4.78 is 0. The standard InChI is InChI=1S/C29H23N3/c1-4-12-22(13-5-1)28-20-29(23-14-6-2-7-15-23,32(31-28)24-16-8-3-9-17-24)26-21-30-27-19-11-10-18-25(26)27/h1-19,21,30H,20H2. The Morgan fingerprint density at radius 1 is 0.688 bits per heavy atom. The molecule has 0 radical (unpaired) electrons. The first-order valence-electron chi connectivity index (χ1n) is 11.0. The van der Waals surface area contributed by atoms with E-state index in [1.54, 1.807) is 0 Å². The Morgan fingerprint density at radius 3 is 2.06 bits per heavy atom. The van der Waals surface area contributed by atoms with E-state index < -0.39 is 5.54 Å². The zero-order valence-corrected chi connectivity index (χ0v) is 17.6. The van der Waals surface area contributed by atoms with Gasteiger partial charge < -0.3 is 4.98 Å². The largest absolute Gasteiger partial charge is 0.361 e. The second-order valence-corrected chi connectivity index (χ2v) is 8.21. The van der Waals surface area contributed by atoms with Crippen molar-refractivity contribution in [2.45, 2.75) is 12.0 Å². The Kier molecular flexibility index (Phi) is 4.39. The van der Waals surface area contributed by atoms with Gasteiger partial charge in [0.25, 0.3) is 0 Å². The van der Waals surface area contributed by atoms with Gasteiger partial charge in [-0.2, -0.15) is 5.10 Å². The van der Waals surface area contributed by atoms with E-state index in [9.17, 15) is 0 Å². The number of fused-ring (bicyclic) bond motifs is 1. The number of aromatic nitrogens is 1. The quantitative estimate of drug-likeness (QED) is 0.348. The van der Waals surface area contributed by atoms with Gasteiger partial charge in [-0.25, -0.2) is 5.01 Å². The molecule has 0 amide bonds. The molecule has 0 spiro atoms. The number of H-pyrrole nitrogens is 1. The van der Waals surface area contributed by atoms with Crippen LogP contribution in [-0.2, 0) is 5.54 Å². The van der Waals surface area contributed by atoms with E-state index in [1.165, 1.54) is 16.5 Å². The summed E-state index contributed by atoms with van der Waals surface area (Å²) in [5.74, 6) is 0. The summed E-state index contributed by atoms with van der Waals surface area (Å²) in [5, 5.41) is 8.70. The van der Waals surface area contributed by atoms with Crippen LogP contribution in [0.4, 0.5) is 5.69 Å². The third-order valence-corrected chi connectivity index (χ3v) is 6.40. The molecular weight excluding hydrogens is 390 g/mol. The maximum atomic E-state index is 5.26. The lowest BCUT2D eigenvalue weighted by atomic mass is 9.78. The summed E-state index contributed by atoms with van der Waals surface area (Å²) in [4.78, 5) is 3.51. The molecule has 5 aromatic rings. The average Bonchev–Trinajstić information content (AvgIpc) is 3.49. The number of nitrogens with zero attached hydrogens (tertiary/aromatic N) is 2. The average molecular weight is 414 g/mol. The lowest BCUT2D eigenvalue weighted by Gasteiger charge is -2.38. The highest BCUT2D eigenvalue weighted by Gasteiger charge is 2.48. The number of benzene rings is 4. The lowest BCUT2D eigenvalue weighted by molar-refractivity contribution is 0.538. The monoisotopic (exact) mass is 413 g/mol. The number of nitrogens with one attached hydrogen (secondary N) is 1. The van der Waals surface area contributed by atoms with Crippen molar-refractivity contribution in [2.75, 3.05) is 5.01 Å². The van der Waals surface area contributed by atoms with Crippen LogP contribution in [-0.4, -0.2) is 10.7 Å². The molecule has 1 aliphatic heterocycles. The molecule has 32 heavy (non-hydrogen) atoms. The van der Waals surface area contributed by atoms with Crippen LogP contribution in [0.2, 0.25) is 0 Å². The molecule has 1 N–H and O–H groups in total. The van der Waals surface area contributed by atoms with E-state index in [0.717, 1.165) is 28.9 Å². The van der Waals surface area contributed by atoms with Gasteiger partial charge in [-0.05, 0) is 29.3 Å². The first-order chi connectivity index (χ1) is 15.9. The Hall–Kier alpha value is -4.11. The number of hydrazone groups is 1. The molecule has 0 saturated heterocycles. The number of hydrogen-bond acceptors (Lipinski definition) is 2. The van der Waals surface area contributed by atoms with Crippen LogP contribution in [0, 0.1) is 0 Å². The van der Waals surface area contributed by atoms with Gasteiger partial charge in [-0.1, -0.05) is 97.1 Å². The Balaban J connectivity index is 1.65. The summed E-state index contributed by atoms with van der Waals surface area (Å²) in [7, 11) is 0. The topological polar surface area (TPSA) is 31.4 Å². The van der Waals surface area contributed by atoms with E-state index in [1.807, 2.05) is 0 Å². The van der Waals surface area contributed by atoms with Crippen molar-refractivity contribution in [3.8, 4) is 0 Å². The van der Waals surface area contributed by atoms with Crippen LogP contribution in [0.3, 0.4) is 0 Å². The molecule has 1 aliphatic rings. The molecule has 1 aromatic heterocycles. The van der Waals surface area contributed by atoms with Crippen molar-refractivity contribution in [3.63, 3.8) is 0 Å². The third-order valence-electron chi connectivity index (χ3n) is 6.40. The van der Waals surface area contributed by atoms with Gasteiger partial charge >= 0.3 is 0 Å². The van der Waals surface area contributed by atoms with Gasteiger partial charge in [0.1, 0.15) is 5.54 Å². The lowest BCUT2D eigenvalue weighted by Crippen LogP contribution is -2.41. The highest BCUT2D eigenvalue weighted by molar-refractivity contribution is 6.05. The minimum absolute atomic E-state index is 0.465. The molecule has 1 unspecified atom stereocenters. The Labute approximate surface area is 187 Å². The summed E-state index contributed by atoms with van der Waals surface area (Å²) in [5.41, 5.74) is 6.45. The number of hydrogen-bond donors (Lipinski definition) is 1. The maximum absolute atomic E-state index is 5.26. The van der Waals surface area contributed by atoms with E-state index in [4.69, 9.17) is 5.10 Å². The molecule has 6 rings (SSSR count). The normalized spacial score (nSPS) is 18.1. The van der Waals surface area contributed by atoms with Crippen molar-refractivity contribution >= 4 is 22.3 Å². The number of rotatable bonds is 4. The minimum Gasteiger partial charge on any atom is -0.361 e. The van der Waals surface area contributed by atoms with Crippen LogP contribution in [0.5, 0.6) is 0 Å². The zero-order chi connectivity index (χ0) is 21.4. The summed E-state index contributed by atoms with van der Waals surface area (Å²) in [6.07, 6.45) is 2.94. The second-order valence-electron chi connectivity index (χ2n) is 8.21. The highest BCUT2D eigenvalue weighted by Crippen LogP contribution is 2.48. The molecule has 1 atom stereocenters. The smallest absolute Gasteiger partial charge is 0.121 e. The predicted octanol–water partition coefficient (Wildman–Crippen LogP) is 6.73. The Bertz CT molecular complexity index is 1390. The van der Waals surface area contributed by atoms with Crippen molar-refractivity contribution in [3.05, 3.63) is 138 Å². The van der Waals surface area contributed by atoms with Crippen LogP contribution in [0.1, 0.15) is 23.1 Å². The number of anilines is 1. The fraction of sp³-hybridized carbons (Fsp3) is 0.0690. The minimum atomic E-state index is -0.465. The van der Waals surface area contributed by atoms with Crippen LogP contribution in [0.15, 0.2) is 127 Å². The summed E-state index contributed by atoms with van der Waals surface area (Å²) >= 11 is 0. The van der Waals surface area contributed by atoms with Crippen LogP contribution in [0.25, 0.3) is 10.9 Å². The summed E-state index contributed by atoms with van der Waals surface area (Å²) in [6.45, 7) is 0. The Morgan fingerprint density at radius 2 is 1.31 bits per heavy atom. The molecule has 2 heterocycles. The fourth-order valence-electron chi connectivity index (χ4n) is 4.91. The maximum Gasteiger partial charge on any atom is 0.121 e. The first kappa shape index (κ1) is 18.6. The van der Waals surface area contributed by atoms with E-state index in [2.05, 4.69) is 131 Å². The molecule has 0 saturated carbocycles. The van der Waals surface area contributed by atoms with E-state index in [0.29, 0.717) is 0 Å². The predicted molar refractivity (Wildman–Crippen MR) is 132 cm³/mol. The SMILES string of the molecule is c1ccc(C2=NN(c3ccccc3)C(c3ccccc3)(c3c[nH]c4ccccc34)C2)cc1. The summed E-state index contributed by atoms with van der Waals surface area (Å²) in [6, 6.07) is 40.3. The van der Waals surface area contributed by atoms with Crippen molar-refractivity contribution < 1.29 is 0 Å². The molecule has 3 heteroatoms. The van der Waals surface area contributed by atoms with Crippen molar-refractivity contribution in [2.24, 2.45) is 5.10 Å². The van der Waals surface area contributed by atoms with Crippen LogP contribution < -0.4 is 5.01 Å². The van der Waals surface area contributed by atoms with Gasteiger partial charge in [0.05, 0.1) is 11.4 Å². The van der Waals surface area contributed by atoms with Gasteiger partial charge in [0.15, 0.2) is 0 Å². The van der Waals surface area contributed by atoms with Gasteiger partial charge in [0, 0.05) is 29.1 Å². The molecule has 4 aromatic carbocycles. The molecule has 0 aliphatic carbocycles. The third kappa shape index (κ3) is 2.86. The fourth-order valence-corrected chi connectivity index (χ4v) is 4.91. The van der Waals surface area contributed by atoms with Gasteiger partial charge in [0.2, 0.25) is 0 Å². The molecule has 0 fully saturated rings. The number of para-hydroxylation sites is 2.